The molecule has 0 aromatic heterocycles. The minimum atomic E-state index is -0.677. The molecular formula is C18H36IN3O2S. The van der Waals surface area contributed by atoms with Gasteiger partial charge in [0.2, 0.25) is 0 Å². The molecule has 3 atom stereocenters. The fourth-order valence-corrected chi connectivity index (χ4v) is 5.07. The maximum Gasteiger partial charge on any atom is 0.191 e. The number of hydrogen-bond donors (Lipinski definition) is 2. The molecule has 0 spiro atoms. The number of hydrogen-bond acceptors (Lipinski definition) is 3. The number of aliphatic imine (C=N–C) groups is 1. The van der Waals surface area contributed by atoms with Crippen LogP contribution in [0.15, 0.2) is 4.99 Å². The summed E-state index contributed by atoms with van der Waals surface area (Å²) in [7, 11) is 1.14. The van der Waals surface area contributed by atoms with Crippen LogP contribution in [0.2, 0.25) is 0 Å². The van der Waals surface area contributed by atoms with Crippen LogP contribution < -0.4 is 10.6 Å². The van der Waals surface area contributed by atoms with Crippen LogP contribution in [0.25, 0.3) is 0 Å². The van der Waals surface area contributed by atoms with Crippen LogP contribution in [-0.2, 0) is 15.5 Å². The van der Waals surface area contributed by atoms with E-state index in [2.05, 4.69) is 15.6 Å². The second-order valence-corrected chi connectivity index (χ2v) is 8.93. The van der Waals surface area contributed by atoms with Crippen LogP contribution in [0.4, 0.5) is 0 Å². The quantitative estimate of drug-likeness (QED) is 0.240. The molecule has 0 amide bonds. The number of nitrogens with zero attached hydrogens (tertiary/aromatic N) is 1. The van der Waals surface area contributed by atoms with Crippen LogP contribution in [0.5, 0.6) is 0 Å². The molecule has 2 fully saturated rings. The monoisotopic (exact) mass is 485 g/mol. The van der Waals surface area contributed by atoms with Crippen molar-refractivity contribution in [2.24, 2.45) is 4.99 Å². The number of halogens is 1. The van der Waals surface area contributed by atoms with Crippen LogP contribution >= 0.6 is 24.0 Å². The van der Waals surface area contributed by atoms with Gasteiger partial charge >= 0.3 is 0 Å². The third-order valence-corrected chi connectivity index (χ3v) is 6.86. The lowest BCUT2D eigenvalue weighted by atomic mass is 9.95. The van der Waals surface area contributed by atoms with Gasteiger partial charge in [-0.2, -0.15) is 0 Å². The van der Waals surface area contributed by atoms with Gasteiger partial charge in [-0.25, -0.2) is 0 Å². The minimum absolute atomic E-state index is 0. The zero-order valence-electron chi connectivity index (χ0n) is 15.8. The normalized spacial score (nSPS) is 26.1. The lowest BCUT2D eigenvalue weighted by molar-refractivity contribution is 0.0574. The maximum atomic E-state index is 12.0. The second kappa shape index (κ2) is 13.3. The Kier molecular flexibility index (Phi) is 12.3. The van der Waals surface area contributed by atoms with Crippen LogP contribution in [-0.4, -0.2) is 53.5 Å². The average molecular weight is 485 g/mol. The highest BCUT2D eigenvalue weighted by Crippen LogP contribution is 2.23. The zero-order valence-corrected chi connectivity index (χ0v) is 18.9. The van der Waals surface area contributed by atoms with Crippen molar-refractivity contribution in [2.75, 3.05) is 26.0 Å². The van der Waals surface area contributed by atoms with E-state index in [1.54, 1.807) is 0 Å². The Hall–Kier alpha value is 0.110. The summed E-state index contributed by atoms with van der Waals surface area (Å²) in [6.07, 6.45) is 11.0. The maximum absolute atomic E-state index is 12.0. The van der Waals surface area contributed by atoms with Gasteiger partial charge < -0.3 is 15.4 Å². The molecule has 148 valence electrons. The van der Waals surface area contributed by atoms with E-state index in [0.717, 1.165) is 57.0 Å². The minimum Gasteiger partial charge on any atom is -0.378 e. The summed E-state index contributed by atoms with van der Waals surface area (Å²) >= 11 is 0. The fraction of sp³-hybridized carbons (Fsp3) is 0.944. The van der Waals surface area contributed by atoms with E-state index >= 15 is 0 Å². The molecule has 0 bridgehead atoms. The molecule has 2 rings (SSSR count). The molecule has 3 unspecified atom stereocenters. The van der Waals surface area contributed by atoms with Crippen molar-refractivity contribution in [3.05, 3.63) is 0 Å². The molecule has 25 heavy (non-hydrogen) atoms. The van der Waals surface area contributed by atoms with Crippen molar-refractivity contribution in [3.63, 3.8) is 0 Å². The third kappa shape index (κ3) is 8.56. The van der Waals surface area contributed by atoms with Crippen molar-refractivity contribution >= 4 is 40.7 Å². The van der Waals surface area contributed by atoms with Gasteiger partial charge in [-0.05, 0) is 38.5 Å². The van der Waals surface area contributed by atoms with Crippen LogP contribution in [0, 0.1) is 0 Å². The van der Waals surface area contributed by atoms with Gasteiger partial charge in [0.25, 0.3) is 0 Å². The summed E-state index contributed by atoms with van der Waals surface area (Å²) < 4.78 is 17.9. The molecule has 0 heterocycles. The highest BCUT2D eigenvalue weighted by atomic mass is 127. The lowest BCUT2D eigenvalue weighted by Crippen LogP contribution is -2.47. The molecule has 5 nitrogen and oxygen atoms in total. The first-order chi connectivity index (χ1) is 11.7. The summed E-state index contributed by atoms with van der Waals surface area (Å²) in [5.41, 5.74) is 0. The van der Waals surface area contributed by atoms with Crippen molar-refractivity contribution in [2.45, 2.75) is 82.1 Å². The average Bonchev–Trinajstić information content (AvgIpc) is 3.13. The topological polar surface area (TPSA) is 62.7 Å². The number of rotatable bonds is 8. The first-order valence-electron chi connectivity index (χ1n) is 9.69. The standard InChI is InChI=1S/C18H35N3O2S.HI/c1-3-24(22)17-11-6-8-15(14-17)21-18(19-2)20-12-7-13-23-16-9-4-5-10-16;/h15-17H,3-14H2,1-2H3,(H2,19,20,21);1H. The molecule has 2 saturated carbocycles. The predicted octanol–water partition coefficient (Wildman–Crippen LogP) is 3.20. The largest absolute Gasteiger partial charge is 0.378 e. The Bertz CT molecular complexity index is 417. The van der Waals surface area contributed by atoms with Gasteiger partial charge in [-0.3, -0.25) is 9.20 Å². The molecule has 0 saturated heterocycles. The first-order valence-corrected chi connectivity index (χ1v) is 11.1. The molecule has 0 aliphatic heterocycles. The number of nitrogens with one attached hydrogen (secondary N) is 2. The van der Waals surface area contributed by atoms with Crippen LogP contribution in [0.3, 0.4) is 0 Å². The molecule has 2 aliphatic carbocycles. The smallest absolute Gasteiger partial charge is 0.191 e. The highest BCUT2D eigenvalue weighted by Gasteiger charge is 2.26. The Labute approximate surface area is 173 Å². The van der Waals surface area contributed by atoms with E-state index in [4.69, 9.17) is 4.74 Å². The molecule has 0 aromatic rings. The molecule has 0 aromatic carbocycles. The second-order valence-electron chi connectivity index (χ2n) is 6.93. The Morgan fingerprint density at radius 2 is 1.96 bits per heavy atom. The van der Waals surface area contributed by atoms with Crippen LogP contribution in [0.1, 0.15) is 64.7 Å². The molecular weight excluding hydrogens is 449 g/mol. The SMILES string of the molecule is CCS(=O)C1CCCC(NC(=NC)NCCCOC2CCCC2)C1.I. The molecule has 7 heteroatoms. The van der Waals surface area contributed by atoms with Gasteiger partial charge in [0, 0.05) is 48.0 Å². The Morgan fingerprint density at radius 1 is 1.20 bits per heavy atom. The van der Waals surface area contributed by atoms with E-state index in [9.17, 15) is 4.21 Å². The summed E-state index contributed by atoms with van der Waals surface area (Å²) in [5, 5.41) is 7.24. The summed E-state index contributed by atoms with van der Waals surface area (Å²) in [6.45, 7) is 3.72. The summed E-state index contributed by atoms with van der Waals surface area (Å²) in [6, 6.07) is 0.389. The van der Waals surface area contributed by atoms with Gasteiger partial charge in [0.1, 0.15) is 0 Å². The molecule has 0 radical (unpaired) electrons. The van der Waals surface area contributed by atoms with Crippen molar-refractivity contribution in [1.82, 2.24) is 10.6 Å². The summed E-state index contributed by atoms with van der Waals surface area (Å²) in [5.74, 6) is 1.63. The van der Waals surface area contributed by atoms with Gasteiger partial charge in [0.15, 0.2) is 5.96 Å². The fourth-order valence-electron chi connectivity index (χ4n) is 3.72. The van der Waals surface area contributed by atoms with E-state index < -0.39 is 10.8 Å². The van der Waals surface area contributed by atoms with Gasteiger partial charge in [-0.1, -0.05) is 26.2 Å². The summed E-state index contributed by atoms with van der Waals surface area (Å²) in [4.78, 5) is 4.33. The lowest BCUT2D eigenvalue weighted by Gasteiger charge is -2.30. The van der Waals surface area contributed by atoms with Gasteiger partial charge in [0.05, 0.1) is 6.10 Å². The van der Waals surface area contributed by atoms with E-state index in [1.165, 1.54) is 25.7 Å². The Morgan fingerprint density at radius 3 is 2.64 bits per heavy atom. The van der Waals surface area contributed by atoms with E-state index in [0.29, 0.717) is 17.4 Å². The predicted molar refractivity (Wildman–Crippen MR) is 117 cm³/mol. The zero-order chi connectivity index (χ0) is 17.2. The van der Waals surface area contributed by atoms with Crippen molar-refractivity contribution in [3.8, 4) is 0 Å². The van der Waals surface area contributed by atoms with Crippen molar-refractivity contribution in [1.29, 1.82) is 0 Å². The Balaban J connectivity index is 0.00000312. The highest BCUT2D eigenvalue weighted by molar-refractivity contribution is 14.0. The number of guanidine groups is 1. The van der Waals surface area contributed by atoms with Crippen molar-refractivity contribution < 1.29 is 8.95 Å². The third-order valence-electron chi connectivity index (χ3n) is 5.12. The van der Waals surface area contributed by atoms with Gasteiger partial charge in [-0.15, -0.1) is 24.0 Å². The first kappa shape index (κ1) is 23.1. The van der Waals surface area contributed by atoms with E-state index in [-0.39, 0.29) is 24.0 Å². The molecule has 2 aliphatic rings. The van der Waals surface area contributed by atoms with E-state index in [1.807, 2.05) is 14.0 Å². The number of ether oxygens (including phenoxy) is 1. The molecule has 2 N–H and O–H groups in total.